The van der Waals surface area contributed by atoms with Crippen LogP contribution in [-0.2, 0) is 17.9 Å². The Balaban J connectivity index is 1.81. The Hall–Kier alpha value is -2.97. The number of aromatic nitrogens is 4. The van der Waals surface area contributed by atoms with Crippen LogP contribution in [0.5, 0.6) is 0 Å². The summed E-state index contributed by atoms with van der Waals surface area (Å²) in [5.74, 6) is -0.435. The van der Waals surface area contributed by atoms with E-state index in [1.165, 1.54) is 16.8 Å². The van der Waals surface area contributed by atoms with Crippen molar-refractivity contribution in [1.82, 2.24) is 24.9 Å². The summed E-state index contributed by atoms with van der Waals surface area (Å²) >= 11 is 0. The van der Waals surface area contributed by atoms with E-state index in [4.69, 9.17) is 0 Å². The molecule has 0 unspecified atom stereocenters. The van der Waals surface area contributed by atoms with Crippen LogP contribution in [0.15, 0.2) is 24.5 Å². The molecule has 0 fully saturated rings. The summed E-state index contributed by atoms with van der Waals surface area (Å²) in [4.78, 5) is 21.8. The molecule has 0 aliphatic rings. The molecule has 23 heavy (non-hydrogen) atoms. The van der Waals surface area contributed by atoms with E-state index >= 15 is 0 Å². The molecule has 0 radical (unpaired) electrons. The van der Waals surface area contributed by atoms with E-state index in [0.717, 1.165) is 12.1 Å². The van der Waals surface area contributed by atoms with Crippen LogP contribution in [0.25, 0.3) is 6.08 Å². The van der Waals surface area contributed by atoms with Gasteiger partial charge in [-0.2, -0.15) is 9.78 Å². The molecule has 0 bridgehead atoms. The Labute approximate surface area is 132 Å². The van der Waals surface area contributed by atoms with Crippen molar-refractivity contribution in [3.63, 3.8) is 0 Å². The maximum Gasteiger partial charge on any atom is 0.390 e. The number of nitrogens with one attached hydrogen (secondary N) is 1. The van der Waals surface area contributed by atoms with Gasteiger partial charge in [0.2, 0.25) is 5.91 Å². The van der Waals surface area contributed by atoms with Gasteiger partial charge in [0.15, 0.2) is 0 Å². The Morgan fingerprint density at radius 1 is 1.52 bits per heavy atom. The highest BCUT2D eigenvalue weighted by atomic mass is 16.6. The van der Waals surface area contributed by atoms with E-state index in [-0.39, 0.29) is 11.7 Å². The second kappa shape index (κ2) is 7.34. The minimum absolute atomic E-state index is 0.193. The molecule has 2 aromatic rings. The third kappa shape index (κ3) is 4.50. The number of nitro groups is 1. The fraction of sp³-hybridized carbons (Fsp3) is 0.357. The van der Waals surface area contributed by atoms with Gasteiger partial charge in [0.1, 0.15) is 0 Å². The average Bonchev–Trinajstić information content (AvgIpc) is 3.12. The lowest BCUT2D eigenvalue weighted by Crippen LogP contribution is -2.26. The molecule has 2 rings (SSSR count). The van der Waals surface area contributed by atoms with Gasteiger partial charge in [-0.15, -0.1) is 0 Å². The standard InChI is InChI=1S/C14H18N6O3/c1-3-18-10-12(9-16-18)4-5-14(21)15-6-7-19-11(2)8-13(17-19)20(22)23/h4-5,8-10H,3,6-7H2,1-2H3,(H,15,21)/b5-4+. The van der Waals surface area contributed by atoms with Crippen molar-refractivity contribution in [3.8, 4) is 0 Å². The molecule has 0 saturated heterocycles. The lowest BCUT2D eigenvalue weighted by molar-refractivity contribution is -0.389. The van der Waals surface area contributed by atoms with Crippen LogP contribution >= 0.6 is 0 Å². The molecule has 1 N–H and O–H groups in total. The molecule has 1 amide bonds. The van der Waals surface area contributed by atoms with Gasteiger partial charge < -0.3 is 15.4 Å². The molecule has 0 aromatic carbocycles. The maximum absolute atomic E-state index is 11.7. The van der Waals surface area contributed by atoms with Gasteiger partial charge in [-0.3, -0.25) is 9.48 Å². The van der Waals surface area contributed by atoms with Gasteiger partial charge in [0.25, 0.3) is 0 Å². The second-order valence-electron chi connectivity index (χ2n) is 4.88. The van der Waals surface area contributed by atoms with Crippen molar-refractivity contribution >= 4 is 17.8 Å². The topological polar surface area (TPSA) is 108 Å². The third-order valence-electron chi connectivity index (χ3n) is 3.18. The van der Waals surface area contributed by atoms with Crippen molar-refractivity contribution < 1.29 is 9.72 Å². The first-order valence-electron chi connectivity index (χ1n) is 7.16. The molecule has 122 valence electrons. The summed E-state index contributed by atoms with van der Waals surface area (Å²) in [5.41, 5.74) is 1.52. The van der Waals surface area contributed by atoms with E-state index in [0.29, 0.717) is 18.8 Å². The van der Waals surface area contributed by atoms with Gasteiger partial charge in [0.05, 0.1) is 29.6 Å². The zero-order chi connectivity index (χ0) is 16.8. The highest BCUT2D eigenvalue weighted by Crippen LogP contribution is 2.10. The Kier molecular flexibility index (Phi) is 5.23. The monoisotopic (exact) mass is 318 g/mol. The van der Waals surface area contributed by atoms with Crippen LogP contribution in [0.1, 0.15) is 18.2 Å². The first kappa shape index (κ1) is 16.4. The molecule has 0 aliphatic heterocycles. The van der Waals surface area contributed by atoms with Crippen LogP contribution in [0.2, 0.25) is 0 Å². The van der Waals surface area contributed by atoms with Crippen LogP contribution in [-0.4, -0.2) is 36.9 Å². The smallest absolute Gasteiger partial charge is 0.358 e. The van der Waals surface area contributed by atoms with E-state index in [9.17, 15) is 14.9 Å². The van der Waals surface area contributed by atoms with Crippen LogP contribution in [0.3, 0.4) is 0 Å². The zero-order valence-corrected chi connectivity index (χ0v) is 13.0. The lowest BCUT2D eigenvalue weighted by atomic mass is 10.3. The fourth-order valence-corrected chi connectivity index (χ4v) is 1.96. The summed E-state index contributed by atoms with van der Waals surface area (Å²) in [5, 5.41) is 21.3. The van der Waals surface area contributed by atoms with Gasteiger partial charge in [-0.25, -0.2) is 0 Å². The van der Waals surface area contributed by atoms with Gasteiger partial charge in [-0.1, -0.05) is 0 Å². The highest BCUT2D eigenvalue weighted by Gasteiger charge is 2.14. The highest BCUT2D eigenvalue weighted by molar-refractivity contribution is 5.91. The number of hydrogen-bond donors (Lipinski definition) is 1. The molecular weight excluding hydrogens is 300 g/mol. The average molecular weight is 318 g/mol. The normalized spacial score (nSPS) is 11.0. The molecule has 9 nitrogen and oxygen atoms in total. The predicted octanol–water partition coefficient (Wildman–Crippen LogP) is 1.15. The molecule has 2 heterocycles. The molecule has 0 atom stereocenters. The van der Waals surface area contributed by atoms with E-state index < -0.39 is 4.92 Å². The fourth-order valence-electron chi connectivity index (χ4n) is 1.96. The van der Waals surface area contributed by atoms with Crippen molar-refractivity contribution in [2.45, 2.75) is 26.9 Å². The SMILES string of the molecule is CCn1cc(/C=C/C(=O)NCCn2nc([N+](=O)[O-])cc2C)cn1. The quantitative estimate of drug-likeness (QED) is 0.468. The van der Waals surface area contributed by atoms with Gasteiger partial charge in [-0.05, 0) is 24.8 Å². The summed E-state index contributed by atoms with van der Waals surface area (Å²) in [7, 11) is 0. The van der Waals surface area contributed by atoms with E-state index in [2.05, 4.69) is 15.5 Å². The number of rotatable bonds is 7. The number of hydrogen-bond acceptors (Lipinski definition) is 5. The third-order valence-corrected chi connectivity index (χ3v) is 3.18. The van der Waals surface area contributed by atoms with Crippen LogP contribution in [0.4, 0.5) is 5.82 Å². The van der Waals surface area contributed by atoms with Crippen molar-refractivity contribution in [3.05, 3.63) is 45.9 Å². The van der Waals surface area contributed by atoms with Crippen molar-refractivity contribution in [2.75, 3.05) is 6.54 Å². The summed E-state index contributed by atoms with van der Waals surface area (Å²) in [6.07, 6.45) is 6.63. The number of amides is 1. The maximum atomic E-state index is 11.7. The molecular formula is C14H18N6O3. The molecule has 2 aromatic heterocycles. The summed E-state index contributed by atoms with van der Waals surface area (Å²) in [6.45, 7) is 5.18. The molecule has 0 spiro atoms. The Morgan fingerprint density at radius 2 is 2.30 bits per heavy atom. The Bertz CT molecular complexity index is 731. The zero-order valence-electron chi connectivity index (χ0n) is 13.0. The molecule has 0 saturated carbocycles. The van der Waals surface area contributed by atoms with E-state index in [1.54, 1.807) is 23.9 Å². The van der Waals surface area contributed by atoms with Gasteiger partial charge >= 0.3 is 5.82 Å². The molecule has 0 aliphatic carbocycles. The first-order valence-corrected chi connectivity index (χ1v) is 7.16. The van der Waals surface area contributed by atoms with Crippen molar-refractivity contribution in [1.29, 1.82) is 0 Å². The first-order chi connectivity index (χ1) is 11.0. The Morgan fingerprint density at radius 3 is 2.91 bits per heavy atom. The molecule has 9 heteroatoms. The number of carbonyl (C=O) groups excluding carboxylic acids is 1. The number of nitrogens with zero attached hydrogens (tertiary/aromatic N) is 5. The summed E-state index contributed by atoms with van der Waals surface area (Å²) in [6, 6.07) is 1.40. The number of aryl methyl sites for hydroxylation is 2. The number of carbonyl (C=O) groups is 1. The second-order valence-corrected chi connectivity index (χ2v) is 4.88. The van der Waals surface area contributed by atoms with E-state index in [1.807, 2.05) is 13.1 Å². The largest absolute Gasteiger partial charge is 0.390 e. The summed E-state index contributed by atoms with van der Waals surface area (Å²) < 4.78 is 3.26. The minimum atomic E-state index is -0.540. The van der Waals surface area contributed by atoms with Crippen LogP contribution < -0.4 is 5.32 Å². The van der Waals surface area contributed by atoms with Crippen molar-refractivity contribution in [2.24, 2.45) is 0 Å². The minimum Gasteiger partial charge on any atom is -0.358 e. The van der Waals surface area contributed by atoms with Crippen LogP contribution in [0, 0.1) is 17.0 Å². The predicted molar refractivity (Wildman–Crippen MR) is 83.6 cm³/mol. The van der Waals surface area contributed by atoms with Gasteiger partial charge in [0, 0.05) is 30.9 Å². The lowest BCUT2D eigenvalue weighted by Gasteiger charge is -2.01.